The molecule has 0 unspecified atom stereocenters. The van der Waals surface area contributed by atoms with E-state index in [1.807, 2.05) is 30.3 Å². The summed E-state index contributed by atoms with van der Waals surface area (Å²) in [5, 5.41) is 13.4. The fraction of sp³-hybridized carbons (Fsp3) is 0.375. The summed E-state index contributed by atoms with van der Waals surface area (Å²) in [5.74, 6) is 0.217. The fourth-order valence-corrected chi connectivity index (χ4v) is 2.63. The second-order valence-corrected chi connectivity index (χ2v) is 6.54. The van der Waals surface area contributed by atoms with Gasteiger partial charge in [0.1, 0.15) is 6.33 Å². The maximum Gasteiger partial charge on any atom is 0.321 e. The van der Waals surface area contributed by atoms with Crippen LogP contribution in [0.1, 0.15) is 20.3 Å². The van der Waals surface area contributed by atoms with Gasteiger partial charge in [-0.3, -0.25) is 14.7 Å². The molecule has 8 heteroatoms. The number of aromatic nitrogens is 3. The Balaban J connectivity index is 1.81. The van der Waals surface area contributed by atoms with Crippen LogP contribution in [0, 0.1) is 5.92 Å². The molecule has 128 valence electrons. The van der Waals surface area contributed by atoms with E-state index in [1.54, 1.807) is 10.9 Å². The largest absolute Gasteiger partial charge is 0.338 e. The van der Waals surface area contributed by atoms with Gasteiger partial charge in [-0.05, 0) is 24.5 Å². The minimum atomic E-state index is -0.467. The second-order valence-electron chi connectivity index (χ2n) is 5.59. The highest BCUT2D eigenvalue weighted by atomic mass is 32.2. The van der Waals surface area contributed by atoms with Crippen molar-refractivity contribution in [1.82, 2.24) is 25.4 Å². The van der Waals surface area contributed by atoms with Gasteiger partial charge in [-0.15, -0.1) is 10.2 Å². The number of rotatable bonds is 7. The molecule has 2 N–H and O–H groups in total. The van der Waals surface area contributed by atoms with Gasteiger partial charge < -0.3 is 5.32 Å². The normalized spacial score (nSPS) is 10.6. The molecule has 7 nitrogen and oxygen atoms in total. The first kappa shape index (κ1) is 18.0. The number of hydrogen-bond acceptors (Lipinski definition) is 5. The Morgan fingerprint density at radius 2 is 2.00 bits per heavy atom. The fourth-order valence-electron chi connectivity index (χ4n) is 1.90. The van der Waals surface area contributed by atoms with Crippen LogP contribution >= 0.6 is 11.8 Å². The third kappa shape index (κ3) is 5.69. The van der Waals surface area contributed by atoms with E-state index in [0.717, 1.165) is 12.1 Å². The molecule has 0 fully saturated rings. The SMILES string of the molecule is CC(C)CCNC(=O)NC(=O)CSc1nncn1-c1ccccc1. The lowest BCUT2D eigenvalue weighted by atomic mass is 10.1. The minimum absolute atomic E-state index is 0.0864. The summed E-state index contributed by atoms with van der Waals surface area (Å²) in [6, 6.07) is 9.14. The van der Waals surface area contributed by atoms with E-state index in [0.29, 0.717) is 17.6 Å². The van der Waals surface area contributed by atoms with Crippen LogP contribution < -0.4 is 10.6 Å². The van der Waals surface area contributed by atoms with Crippen molar-refractivity contribution in [3.8, 4) is 5.69 Å². The zero-order valence-corrected chi connectivity index (χ0v) is 14.5. The molecule has 2 aromatic rings. The first-order valence-corrected chi connectivity index (χ1v) is 8.70. The summed E-state index contributed by atoms with van der Waals surface area (Å²) in [4.78, 5) is 23.4. The van der Waals surface area contributed by atoms with E-state index in [2.05, 4.69) is 34.7 Å². The summed E-state index contributed by atoms with van der Waals surface area (Å²) in [5.41, 5.74) is 0.914. The van der Waals surface area contributed by atoms with E-state index in [1.165, 1.54) is 11.8 Å². The highest BCUT2D eigenvalue weighted by Crippen LogP contribution is 2.18. The van der Waals surface area contributed by atoms with Gasteiger partial charge in [0.2, 0.25) is 5.91 Å². The van der Waals surface area contributed by atoms with Crippen molar-refractivity contribution in [2.75, 3.05) is 12.3 Å². The van der Waals surface area contributed by atoms with Crippen molar-refractivity contribution < 1.29 is 9.59 Å². The maximum atomic E-state index is 11.8. The lowest BCUT2D eigenvalue weighted by molar-refractivity contribution is -0.117. The van der Waals surface area contributed by atoms with Gasteiger partial charge in [0, 0.05) is 12.2 Å². The number of hydrogen-bond donors (Lipinski definition) is 2. The average Bonchev–Trinajstić information content (AvgIpc) is 3.02. The first-order valence-electron chi connectivity index (χ1n) is 7.72. The Bertz CT molecular complexity index is 672. The molecule has 0 aliphatic carbocycles. The van der Waals surface area contributed by atoms with Crippen molar-refractivity contribution in [2.45, 2.75) is 25.4 Å². The summed E-state index contributed by atoms with van der Waals surface area (Å²) in [6.07, 6.45) is 2.46. The molecule has 0 spiro atoms. The van der Waals surface area contributed by atoms with Crippen LogP contribution in [-0.4, -0.2) is 39.0 Å². The number of benzene rings is 1. The highest BCUT2D eigenvalue weighted by Gasteiger charge is 2.12. The molecule has 0 radical (unpaired) electrons. The topological polar surface area (TPSA) is 88.9 Å². The predicted octanol–water partition coefficient (Wildman–Crippen LogP) is 2.23. The van der Waals surface area contributed by atoms with Crippen LogP contribution in [0.4, 0.5) is 4.79 Å². The molecule has 0 aliphatic heterocycles. The third-order valence-electron chi connectivity index (χ3n) is 3.14. The van der Waals surface area contributed by atoms with Gasteiger partial charge in [-0.2, -0.15) is 0 Å². The highest BCUT2D eigenvalue weighted by molar-refractivity contribution is 7.99. The standard InChI is InChI=1S/C16H21N5O2S/c1-12(2)8-9-17-15(23)19-14(22)10-24-16-20-18-11-21(16)13-6-4-3-5-7-13/h3-7,11-12H,8-10H2,1-2H3,(H2,17,19,22,23). The summed E-state index contributed by atoms with van der Waals surface area (Å²) in [6.45, 7) is 4.70. The number of nitrogens with zero attached hydrogens (tertiary/aromatic N) is 3. The number of nitrogens with one attached hydrogen (secondary N) is 2. The number of para-hydroxylation sites is 1. The Morgan fingerprint density at radius 1 is 1.25 bits per heavy atom. The molecule has 0 atom stereocenters. The Labute approximate surface area is 145 Å². The monoisotopic (exact) mass is 347 g/mol. The quantitative estimate of drug-likeness (QED) is 0.750. The molecule has 1 aromatic carbocycles. The van der Waals surface area contributed by atoms with E-state index in [9.17, 15) is 9.59 Å². The number of thioether (sulfide) groups is 1. The van der Waals surface area contributed by atoms with Gasteiger partial charge in [-0.25, -0.2) is 4.79 Å². The van der Waals surface area contributed by atoms with Gasteiger partial charge in [-0.1, -0.05) is 43.8 Å². The Kier molecular flexibility index (Phi) is 6.80. The number of imide groups is 1. The van der Waals surface area contributed by atoms with Crippen LogP contribution in [0.3, 0.4) is 0 Å². The smallest absolute Gasteiger partial charge is 0.321 e. The van der Waals surface area contributed by atoms with Crippen LogP contribution in [0.25, 0.3) is 5.69 Å². The van der Waals surface area contributed by atoms with Gasteiger partial charge in [0.05, 0.1) is 5.75 Å². The molecule has 24 heavy (non-hydrogen) atoms. The van der Waals surface area contributed by atoms with Crippen LogP contribution in [0.15, 0.2) is 41.8 Å². The van der Waals surface area contributed by atoms with Gasteiger partial charge >= 0.3 is 6.03 Å². The van der Waals surface area contributed by atoms with E-state index in [4.69, 9.17) is 0 Å². The molecule has 3 amide bonds. The van der Waals surface area contributed by atoms with Crippen molar-refractivity contribution in [3.05, 3.63) is 36.7 Å². The molecule has 0 aliphatic rings. The molecular formula is C16H21N5O2S. The van der Waals surface area contributed by atoms with Crippen molar-refractivity contribution in [1.29, 1.82) is 0 Å². The zero-order chi connectivity index (χ0) is 17.4. The number of carbonyl (C=O) groups excluding carboxylic acids is 2. The maximum absolute atomic E-state index is 11.8. The number of amides is 3. The van der Waals surface area contributed by atoms with Crippen molar-refractivity contribution >= 4 is 23.7 Å². The Morgan fingerprint density at radius 3 is 2.71 bits per heavy atom. The molecule has 1 heterocycles. The zero-order valence-electron chi connectivity index (χ0n) is 13.7. The predicted molar refractivity (Wildman–Crippen MR) is 93.1 cm³/mol. The van der Waals surface area contributed by atoms with Crippen molar-refractivity contribution in [3.63, 3.8) is 0 Å². The molecular weight excluding hydrogens is 326 g/mol. The molecule has 0 saturated heterocycles. The van der Waals surface area contributed by atoms with Gasteiger partial charge in [0.25, 0.3) is 0 Å². The van der Waals surface area contributed by atoms with Crippen molar-refractivity contribution in [2.24, 2.45) is 5.92 Å². The molecule has 1 aromatic heterocycles. The average molecular weight is 347 g/mol. The van der Waals surface area contributed by atoms with E-state index in [-0.39, 0.29) is 11.7 Å². The summed E-state index contributed by atoms with van der Waals surface area (Å²) >= 11 is 1.22. The lowest BCUT2D eigenvalue weighted by Gasteiger charge is -2.08. The minimum Gasteiger partial charge on any atom is -0.338 e. The van der Waals surface area contributed by atoms with Crippen LogP contribution in [0.5, 0.6) is 0 Å². The third-order valence-corrected chi connectivity index (χ3v) is 4.09. The number of carbonyl (C=O) groups is 2. The Hall–Kier alpha value is -2.35. The van der Waals surface area contributed by atoms with Gasteiger partial charge in [0.15, 0.2) is 5.16 Å². The molecule has 2 rings (SSSR count). The first-order chi connectivity index (χ1) is 11.6. The second kappa shape index (κ2) is 9.07. The number of urea groups is 1. The van der Waals surface area contributed by atoms with Crippen LogP contribution in [-0.2, 0) is 4.79 Å². The molecule has 0 saturated carbocycles. The van der Waals surface area contributed by atoms with E-state index < -0.39 is 6.03 Å². The molecule has 0 bridgehead atoms. The van der Waals surface area contributed by atoms with Crippen LogP contribution in [0.2, 0.25) is 0 Å². The summed E-state index contributed by atoms with van der Waals surface area (Å²) < 4.78 is 1.79. The lowest BCUT2D eigenvalue weighted by Crippen LogP contribution is -2.40. The summed E-state index contributed by atoms with van der Waals surface area (Å²) in [7, 11) is 0. The van der Waals surface area contributed by atoms with E-state index >= 15 is 0 Å².